The number of aryl methyl sites for hydroxylation is 2. The molecule has 4 heterocycles. The Bertz CT molecular complexity index is 815. The Morgan fingerprint density at radius 3 is 2.62 bits per heavy atom. The summed E-state index contributed by atoms with van der Waals surface area (Å²) in [7, 11) is 0. The average Bonchev–Trinajstić information content (AvgIpc) is 3.12. The molecule has 1 aliphatic rings. The monoisotopic (exact) mass is 338 g/mol. The van der Waals surface area contributed by atoms with Gasteiger partial charge in [-0.2, -0.15) is 0 Å². The van der Waals surface area contributed by atoms with E-state index in [0.717, 1.165) is 24.5 Å². The molecule has 1 aliphatic heterocycles. The molecular formula is C19H22N4S. The molecule has 0 saturated carbocycles. The van der Waals surface area contributed by atoms with Crippen molar-refractivity contribution in [1.29, 1.82) is 0 Å². The SMILES string of the molecule is Cc1ccc(CN2CC(Cn3c(C)cnc3-c3ccncc3)C2)s1. The van der Waals surface area contributed by atoms with E-state index in [2.05, 4.69) is 45.4 Å². The van der Waals surface area contributed by atoms with Gasteiger partial charge in [0.2, 0.25) is 0 Å². The Hall–Kier alpha value is -1.98. The summed E-state index contributed by atoms with van der Waals surface area (Å²) in [5.41, 5.74) is 2.37. The van der Waals surface area contributed by atoms with Crippen molar-refractivity contribution < 1.29 is 0 Å². The number of hydrogen-bond acceptors (Lipinski definition) is 4. The van der Waals surface area contributed by atoms with Crippen molar-refractivity contribution >= 4 is 11.3 Å². The molecule has 0 unspecified atom stereocenters. The van der Waals surface area contributed by atoms with E-state index in [0.29, 0.717) is 5.92 Å². The number of rotatable bonds is 5. The Morgan fingerprint density at radius 1 is 1.12 bits per heavy atom. The van der Waals surface area contributed by atoms with Gasteiger partial charge in [-0.05, 0) is 38.1 Å². The van der Waals surface area contributed by atoms with E-state index in [1.54, 1.807) is 0 Å². The molecular weight excluding hydrogens is 316 g/mol. The zero-order chi connectivity index (χ0) is 16.5. The van der Waals surface area contributed by atoms with E-state index in [4.69, 9.17) is 0 Å². The van der Waals surface area contributed by atoms with Crippen LogP contribution in [0.1, 0.15) is 15.4 Å². The normalized spacial score (nSPS) is 15.6. The summed E-state index contributed by atoms with van der Waals surface area (Å²) in [6.07, 6.45) is 5.64. The topological polar surface area (TPSA) is 34.0 Å². The molecule has 0 atom stereocenters. The van der Waals surface area contributed by atoms with Crippen LogP contribution < -0.4 is 0 Å². The van der Waals surface area contributed by atoms with Crippen molar-refractivity contribution in [2.24, 2.45) is 5.92 Å². The first-order valence-corrected chi connectivity index (χ1v) is 9.21. The fourth-order valence-electron chi connectivity index (χ4n) is 3.39. The van der Waals surface area contributed by atoms with Gasteiger partial charge < -0.3 is 4.57 Å². The summed E-state index contributed by atoms with van der Waals surface area (Å²) < 4.78 is 2.35. The van der Waals surface area contributed by atoms with Crippen molar-refractivity contribution in [3.8, 4) is 11.4 Å². The predicted octanol–water partition coefficient (Wildman–Crippen LogP) is 3.76. The van der Waals surface area contributed by atoms with Gasteiger partial charge in [-0.25, -0.2) is 4.98 Å². The van der Waals surface area contributed by atoms with Gasteiger partial charge >= 0.3 is 0 Å². The number of likely N-dealkylation sites (tertiary alicyclic amines) is 1. The fraction of sp³-hybridized carbons (Fsp3) is 0.368. The van der Waals surface area contributed by atoms with Gasteiger partial charge in [0, 0.05) is 71.7 Å². The minimum Gasteiger partial charge on any atom is -0.328 e. The van der Waals surface area contributed by atoms with Crippen LogP contribution >= 0.6 is 11.3 Å². The summed E-state index contributed by atoms with van der Waals surface area (Å²) in [4.78, 5) is 14.1. The summed E-state index contributed by atoms with van der Waals surface area (Å²) in [5.74, 6) is 1.77. The Kier molecular flexibility index (Phi) is 4.21. The number of imidazole rings is 1. The van der Waals surface area contributed by atoms with Gasteiger partial charge in [0.1, 0.15) is 5.82 Å². The van der Waals surface area contributed by atoms with Crippen molar-refractivity contribution in [3.63, 3.8) is 0 Å². The Balaban J connectivity index is 1.40. The molecule has 124 valence electrons. The van der Waals surface area contributed by atoms with Gasteiger partial charge in [-0.1, -0.05) is 0 Å². The molecule has 0 aromatic carbocycles. The molecule has 0 amide bonds. The molecule has 1 fully saturated rings. The fourth-order valence-corrected chi connectivity index (χ4v) is 4.33. The van der Waals surface area contributed by atoms with Gasteiger partial charge in [-0.15, -0.1) is 11.3 Å². The lowest BCUT2D eigenvalue weighted by Gasteiger charge is -2.39. The van der Waals surface area contributed by atoms with Crippen LogP contribution in [0, 0.1) is 19.8 Å². The molecule has 1 saturated heterocycles. The number of aromatic nitrogens is 3. The molecule has 0 N–H and O–H groups in total. The molecule has 4 rings (SSSR count). The zero-order valence-electron chi connectivity index (χ0n) is 14.1. The highest BCUT2D eigenvalue weighted by molar-refractivity contribution is 7.11. The van der Waals surface area contributed by atoms with Gasteiger partial charge in [0.05, 0.1) is 0 Å². The third kappa shape index (κ3) is 3.14. The van der Waals surface area contributed by atoms with Crippen LogP contribution in [0.2, 0.25) is 0 Å². The van der Waals surface area contributed by atoms with Crippen LogP contribution in [0.5, 0.6) is 0 Å². The number of pyridine rings is 1. The average molecular weight is 338 g/mol. The zero-order valence-corrected chi connectivity index (χ0v) is 15.0. The minimum absolute atomic E-state index is 0.708. The Morgan fingerprint density at radius 2 is 1.92 bits per heavy atom. The van der Waals surface area contributed by atoms with Crippen LogP contribution in [0.3, 0.4) is 0 Å². The van der Waals surface area contributed by atoms with Gasteiger partial charge in [0.15, 0.2) is 0 Å². The highest BCUT2D eigenvalue weighted by atomic mass is 32.1. The lowest BCUT2D eigenvalue weighted by molar-refractivity contribution is 0.0813. The molecule has 0 radical (unpaired) electrons. The molecule has 0 bridgehead atoms. The van der Waals surface area contributed by atoms with Crippen LogP contribution in [0.4, 0.5) is 0 Å². The molecule has 3 aromatic heterocycles. The molecule has 5 heteroatoms. The molecule has 4 nitrogen and oxygen atoms in total. The van der Waals surface area contributed by atoms with Crippen LogP contribution in [-0.2, 0) is 13.1 Å². The number of hydrogen-bond donors (Lipinski definition) is 0. The highest BCUT2D eigenvalue weighted by Gasteiger charge is 2.28. The van der Waals surface area contributed by atoms with E-state index in [1.807, 2.05) is 42.1 Å². The van der Waals surface area contributed by atoms with Crippen molar-refractivity contribution in [2.75, 3.05) is 13.1 Å². The lowest BCUT2D eigenvalue weighted by atomic mass is 9.99. The third-order valence-electron chi connectivity index (χ3n) is 4.64. The summed E-state index contributed by atoms with van der Waals surface area (Å²) >= 11 is 1.91. The first kappa shape index (κ1) is 15.5. The predicted molar refractivity (Wildman–Crippen MR) is 98.0 cm³/mol. The van der Waals surface area contributed by atoms with Crippen molar-refractivity contribution in [2.45, 2.75) is 26.9 Å². The van der Waals surface area contributed by atoms with E-state index in [1.165, 1.54) is 28.5 Å². The highest BCUT2D eigenvalue weighted by Crippen LogP contribution is 2.26. The second-order valence-corrected chi connectivity index (χ2v) is 8.01. The first-order chi connectivity index (χ1) is 11.7. The standard InChI is InChI=1S/C19H22N4S/c1-14-9-21-19(17-5-7-20-8-6-17)23(14)12-16-10-22(11-16)13-18-4-3-15(2)24-18/h3-9,16H,10-13H2,1-2H3. The van der Waals surface area contributed by atoms with Crippen LogP contribution in [0.15, 0.2) is 42.9 Å². The van der Waals surface area contributed by atoms with Gasteiger partial charge in [-0.3, -0.25) is 9.88 Å². The van der Waals surface area contributed by atoms with Crippen molar-refractivity contribution in [3.05, 3.63) is 58.3 Å². The van der Waals surface area contributed by atoms with E-state index < -0.39 is 0 Å². The maximum Gasteiger partial charge on any atom is 0.140 e. The summed E-state index contributed by atoms with van der Waals surface area (Å²) in [5, 5.41) is 0. The Labute approximate surface area is 146 Å². The number of thiophene rings is 1. The summed E-state index contributed by atoms with van der Waals surface area (Å²) in [6, 6.07) is 8.54. The largest absolute Gasteiger partial charge is 0.328 e. The third-order valence-corrected chi connectivity index (χ3v) is 5.63. The molecule has 0 aliphatic carbocycles. The molecule has 24 heavy (non-hydrogen) atoms. The van der Waals surface area contributed by atoms with Crippen LogP contribution in [0.25, 0.3) is 11.4 Å². The minimum atomic E-state index is 0.708. The smallest absolute Gasteiger partial charge is 0.140 e. The van der Waals surface area contributed by atoms with E-state index in [9.17, 15) is 0 Å². The van der Waals surface area contributed by atoms with Crippen molar-refractivity contribution in [1.82, 2.24) is 19.4 Å². The number of nitrogens with zero attached hydrogens (tertiary/aromatic N) is 4. The molecule has 0 spiro atoms. The maximum absolute atomic E-state index is 4.61. The van der Waals surface area contributed by atoms with Gasteiger partial charge in [0.25, 0.3) is 0 Å². The lowest BCUT2D eigenvalue weighted by Crippen LogP contribution is -2.47. The second-order valence-electron chi connectivity index (χ2n) is 6.64. The van der Waals surface area contributed by atoms with Crippen LogP contribution in [-0.4, -0.2) is 32.5 Å². The molecule has 3 aromatic rings. The second kappa shape index (κ2) is 6.49. The van der Waals surface area contributed by atoms with E-state index >= 15 is 0 Å². The maximum atomic E-state index is 4.61. The van der Waals surface area contributed by atoms with E-state index in [-0.39, 0.29) is 0 Å². The quantitative estimate of drug-likeness (QED) is 0.710. The summed E-state index contributed by atoms with van der Waals surface area (Å²) in [6.45, 7) is 8.80. The first-order valence-electron chi connectivity index (χ1n) is 8.39.